The second-order valence-electron chi connectivity index (χ2n) is 7.28. The van der Waals surface area contributed by atoms with Crippen molar-refractivity contribution in [1.29, 1.82) is 0 Å². The van der Waals surface area contributed by atoms with Gasteiger partial charge in [0.2, 0.25) is 0 Å². The monoisotopic (exact) mass is 314 g/mol. The highest BCUT2D eigenvalue weighted by atomic mass is 79.9. The molecular weight excluding hydrogens is 292 g/mol. The lowest BCUT2D eigenvalue weighted by Crippen LogP contribution is -2.66. The Morgan fingerprint density at radius 3 is 2.67 bits per heavy atom. The molecule has 3 rings (SSSR count). The molecule has 0 aliphatic heterocycles. The van der Waals surface area contributed by atoms with Crippen LogP contribution in [-0.2, 0) is 0 Å². The van der Waals surface area contributed by atoms with Crippen LogP contribution in [-0.4, -0.2) is 26.7 Å². The third-order valence-electron chi connectivity index (χ3n) is 6.31. The predicted molar refractivity (Wildman–Crippen MR) is 75.6 cm³/mol. The first kappa shape index (κ1) is 13.1. The first-order valence-corrected chi connectivity index (χ1v) is 7.87. The number of halogens is 1. The molecule has 0 aromatic carbocycles. The topological polar surface area (TPSA) is 40.5 Å². The van der Waals surface area contributed by atoms with Gasteiger partial charge in [-0.1, -0.05) is 41.9 Å². The maximum absolute atomic E-state index is 11.2. The highest BCUT2D eigenvalue weighted by Gasteiger charge is 2.69. The van der Waals surface area contributed by atoms with Crippen LogP contribution in [0.1, 0.15) is 46.0 Å². The highest BCUT2D eigenvalue weighted by molar-refractivity contribution is 9.09. The van der Waals surface area contributed by atoms with Crippen LogP contribution in [0.15, 0.2) is 12.2 Å². The van der Waals surface area contributed by atoms with E-state index in [0.29, 0.717) is 18.8 Å². The van der Waals surface area contributed by atoms with E-state index in [1.54, 1.807) is 0 Å². The molecule has 102 valence electrons. The van der Waals surface area contributed by atoms with Crippen molar-refractivity contribution in [3.8, 4) is 0 Å². The number of fused-ring (bicyclic) bond motifs is 1. The van der Waals surface area contributed by atoms with Gasteiger partial charge in [-0.05, 0) is 37.0 Å². The van der Waals surface area contributed by atoms with Gasteiger partial charge in [0.25, 0.3) is 0 Å². The lowest BCUT2D eigenvalue weighted by Gasteiger charge is -2.63. The van der Waals surface area contributed by atoms with Gasteiger partial charge in [-0.3, -0.25) is 0 Å². The fourth-order valence-corrected chi connectivity index (χ4v) is 5.78. The summed E-state index contributed by atoms with van der Waals surface area (Å²) in [6, 6.07) is 0. The molecule has 5 atom stereocenters. The quantitative estimate of drug-likeness (QED) is 0.533. The average Bonchev–Trinajstić information content (AvgIpc) is 2.68. The minimum atomic E-state index is -0.760. The Hall–Kier alpha value is 0.140. The van der Waals surface area contributed by atoms with Crippen molar-refractivity contribution >= 4 is 15.9 Å². The van der Waals surface area contributed by atoms with Crippen LogP contribution in [0.5, 0.6) is 0 Å². The van der Waals surface area contributed by atoms with E-state index >= 15 is 0 Å². The van der Waals surface area contributed by atoms with Crippen molar-refractivity contribution in [1.82, 2.24) is 0 Å². The molecule has 3 heteroatoms. The molecule has 3 aliphatic rings. The summed E-state index contributed by atoms with van der Waals surface area (Å²) in [5, 5.41) is 21.5. The Morgan fingerprint density at radius 1 is 1.33 bits per heavy atom. The maximum atomic E-state index is 11.2. The van der Waals surface area contributed by atoms with Crippen molar-refractivity contribution in [2.75, 3.05) is 0 Å². The normalized spacial score (nSPS) is 54.3. The molecule has 2 N–H and O–H groups in total. The molecule has 0 aromatic rings. The molecule has 0 heterocycles. The standard InChI is InChI=1S/C15H23BrO2/c1-9-6-15(18)8-11(17)12(16)13(2,3)14(15)5-4-10(9)7-14/h10-12,17-18H,1,4-8H2,2-3H3/t10-,11+,12+,14+,15-/m1/s1. The molecule has 1 spiro atoms. The molecule has 0 amide bonds. The van der Waals surface area contributed by atoms with Gasteiger partial charge in [0, 0.05) is 16.7 Å². The SMILES string of the molecule is C=C1C[C@@]2(O)C[C@H](O)[C@H](Br)C(C)(C)[C@@]23CC[C@@H]1C3. The molecule has 0 radical (unpaired) electrons. The van der Waals surface area contributed by atoms with Gasteiger partial charge in [0.15, 0.2) is 0 Å². The van der Waals surface area contributed by atoms with Crippen LogP contribution in [0.2, 0.25) is 0 Å². The van der Waals surface area contributed by atoms with Gasteiger partial charge in [0.05, 0.1) is 11.7 Å². The lowest BCUT2D eigenvalue weighted by molar-refractivity contribution is -0.204. The third kappa shape index (κ3) is 1.31. The second-order valence-corrected chi connectivity index (χ2v) is 8.27. The highest BCUT2D eigenvalue weighted by Crippen LogP contribution is 2.70. The number of hydrogen-bond donors (Lipinski definition) is 2. The van der Waals surface area contributed by atoms with E-state index in [0.717, 1.165) is 19.3 Å². The van der Waals surface area contributed by atoms with Crippen LogP contribution in [0.3, 0.4) is 0 Å². The number of alkyl halides is 1. The van der Waals surface area contributed by atoms with Gasteiger partial charge in [0.1, 0.15) is 0 Å². The van der Waals surface area contributed by atoms with E-state index < -0.39 is 11.7 Å². The van der Waals surface area contributed by atoms with E-state index in [4.69, 9.17) is 0 Å². The van der Waals surface area contributed by atoms with Crippen molar-refractivity contribution in [2.45, 2.75) is 62.5 Å². The van der Waals surface area contributed by atoms with Crippen LogP contribution < -0.4 is 0 Å². The summed E-state index contributed by atoms with van der Waals surface area (Å²) in [5.41, 5.74) is 0.292. The fraction of sp³-hybridized carbons (Fsp3) is 0.867. The zero-order valence-electron chi connectivity index (χ0n) is 11.2. The number of hydrogen-bond acceptors (Lipinski definition) is 2. The van der Waals surface area contributed by atoms with Crippen molar-refractivity contribution < 1.29 is 10.2 Å². The van der Waals surface area contributed by atoms with Gasteiger partial charge in [-0.15, -0.1) is 0 Å². The van der Waals surface area contributed by atoms with E-state index in [1.807, 2.05) is 0 Å². The first-order valence-electron chi connectivity index (χ1n) is 6.96. The molecule has 3 fully saturated rings. The molecule has 3 saturated carbocycles. The molecule has 0 unspecified atom stereocenters. The Morgan fingerprint density at radius 2 is 2.00 bits per heavy atom. The Balaban J connectivity index is 2.12. The summed E-state index contributed by atoms with van der Waals surface area (Å²) in [7, 11) is 0. The van der Waals surface area contributed by atoms with Gasteiger partial charge < -0.3 is 10.2 Å². The summed E-state index contributed by atoms with van der Waals surface area (Å²) < 4.78 is 0. The number of aliphatic hydroxyl groups excluding tert-OH is 1. The Labute approximate surface area is 118 Å². The average molecular weight is 315 g/mol. The smallest absolute Gasteiger partial charge is 0.0771 e. The molecule has 3 aliphatic carbocycles. The van der Waals surface area contributed by atoms with E-state index in [1.165, 1.54) is 5.57 Å². The second kappa shape index (κ2) is 3.62. The van der Waals surface area contributed by atoms with Crippen molar-refractivity contribution in [3.05, 3.63) is 12.2 Å². The summed E-state index contributed by atoms with van der Waals surface area (Å²) >= 11 is 3.69. The molecule has 18 heavy (non-hydrogen) atoms. The molecule has 0 saturated heterocycles. The predicted octanol–water partition coefficient (Wildman–Crippen LogP) is 3.02. The number of aliphatic hydroxyl groups is 2. The minimum absolute atomic E-state index is 0.0563. The lowest BCUT2D eigenvalue weighted by atomic mass is 9.46. The van der Waals surface area contributed by atoms with Crippen molar-refractivity contribution in [2.24, 2.45) is 16.7 Å². The van der Waals surface area contributed by atoms with Crippen molar-refractivity contribution in [3.63, 3.8) is 0 Å². The van der Waals surface area contributed by atoms with Gasteiger partial charge in [-0.25, -0.2) is 0 Å². The van der Waals surface area contributed by atoms with Crippen LogP contribution in [0.25, 0.3) is 0 Å². The fourth-order valence-electron chi connectivity index (χ4n) is 5.15. The third-order valence-corrected chi connectivity index (χ3v) is 8.06. The number of rotatable bonds is 0. The Bertz CT molecular complexity index is 405. The summed E-state index contributed by atoms with van der Waals surface area (Å²) in [6.07, 6.45) is 3.95. The summed E-state index contributed by atoms with van der Waals surface area (Å²) in [5.74, 6) is 0.583. The Kier molecular flexibility index (Phi) is 2.64. The zero-order valence-corrected chi connectivity index (χ0v) is 12.8. The minimum Gasteiger partial charge on any atom is -0.392 e. The van der Waals surface area contributed by atoms with Gasteiger partial charge in [-0.2, -0.15) is 0 Å². The molecular formula is C15H23BrO2. The largest absolute Gasteiger partial charge is 0.392 e. The molecule has 2 nitrogen and oxygen atoms in total. The van der Waals surface area contributed by atoms with Crippen LogP contribution >= 0.6 is 15.9 Å². The molecule has 2 bridgehead atoms. The zero-order chi connectivity index (χ0) is 13.3. The van der Waals surface area contributed by atoms with E-state index in [2.05, 4.69) is 36.4 Å². The van der Waals surface area contributed by atoms with Crippen LogP contribution in [0, 0.1) is 16.7 Å². The van der Waals surface area contributed by atoms with Gasteiger partial charge >= 0.3 is 0 Å². The summed E-state index contributed by atoms with van der Waals surface area (Å²) in [6.45, 7) is 8.57. The van der Waals surface area contributed by atoms with E-state index in [-0.39, 0.29) is 15.7 Å². The van der Waals surface area contributed by atoms with E-state index in [9.17, 15) is 10.2 Å². The molecule has 0 aromatic heterocycles. The van der Waals surface area contributed by atoms with Crippen LogP contribution in [0.4, 0.5) is 0 Å². The maximum Gasteiger partial charge on any atom is 0.0771 e. The summed E-state index contributed by atoms with van der Waals surface area (Å²) in [4.78, 5) is 0.0652. The first-order chi connectivity index (χ1) is 8.23.